The van der Waals surface area contributed by atoms with Gasteiger partial charge in [-0.15, -0.1) is 0 Å². The molecule has 0 N–H and O–H groups in total. The number of aromatic nitrogens is 3. The number of pyridine rings is 1. The number of nitrogens with zero attached hydrogens (tertiary/aromatic N) is 4. The number of amides is 1. The van der Waals surface area contributed by atoms with E-state index in [4.69, 9.17) is 4.52 Å². The van der Waals surface area contributed by atoms with E-state index in [0.717, 1.165) is 42.6 Å². The van der Waals surface area contributed by atoms with Gasteiger partial charge < -0.3 is 9.42 Å². The van der Waals surface area contributed by atoms with Crippen LogP contribution in [-0.2, 0) is 4.79 Å². The number of carbonyl (C=O) groups excluding carboxylic acids is 1. The smallest absolute Gasteiger partial charge is 0.250 e. The molecule has 2 atom stereocenters. The lowest BCUT2D eigenvalue weighted by atomic mass is 9.89. The van der Waals surface area contributed by atoms with Crippen molar-refractivity contribution in [2.24, 2.45) is 0 Å². The molecule has 2 aliphatic heterocycles. The van der Waals surface area contributed by atoms with Crippen LogP contribution >= 0.6 is 0 Å². The summed E-state index contributed by atoms with van der Waals surface area (Å²) in [6.45, 7) is 3.72. The van der Waals surface area contributed by atoms with E-state index in [1.54, 1.807) is 12.4 Å². The summed E-state index contributed by atoms with van der Waals surface area (Å²) in [6, 6.07) is 4.37. The molecule has 130 valence electrons. The van der Waals surface area contributed by atoms with Crippen LogP contribution in [0.3, 0.4) is 0 Å². The van der Waals surface area contributed by atoms with E-state index in [-0.39, 0.29) is 18.0 Å². The molecule has 0 aromatic carbocycles. The Balaban J connectivity index is 1.51. The van der Waals surface area contributed by atoms with E-state index in [9.17, 15) is 4.79 Å². The molecule has 2 aromatic heterocycles. The van der Waals surface area contributed by atoms with E-state index in [0.29, 0.717) is 11.8 Å². The molecule has 25 heavy (non-hydrogen) atoms. The Morgan fingerprint density at radius 3 is 2.52 bits per heavy atom. The Kier molecular flexibility index (Phi) is 4.11. The first-order chi connectivity index (χ1) is 12.1. The zero-order valence-electron chi connectivity index (χ0n) is 14.6. The molecular weight excluding hydrogens is 316 g/mol. The average Bonchev–Trinajstić information content (AvgIpc) is 3.16. The van der Waals surface area contributed by atoms with Crippen molar-refractivity contribution in [2.45, 2.75) is 57.5 Å². The molecule has 1 amide bonds. The zero-order chi connectivity index (χ0) is 17.4. The number of piperidine rings is 1. The molecule has 0 aliphatic carbocycles. The normalized spacial score (nSPS) is 26.1. The minimum atomic E-state index is 0.145. The number of aryl methyl sites for hydroxylation is 1. The molecule has 6 heteroatoms. The van der Waals surface area contributed by atoms with Gasteiger partial charge in [0, 0.05) is 42.9 Å². The van der Waals surface area contributed by atoms with Gasteiger partial charge in [-0.2, -0.15) is 4.98 Å². The zero-order valence-corrected chi connectivity index (χ0v) is 14.6. The predicted molar refractivity (Wildman–Crippen MR) is 92.6 cm³/mol. The molecule has 4 rings (SSSR count). The van der Waals surface area contributed by atoms with Crippen LogP contribution in [0.5, 0.6) is 0 Å². The second-order valence-corrected chi connectivity index (χ2v) is 7.05. The molecular formula is C19H22N4O2. The number of fused-ring (bicyclic) bond motifs is 2. The molecule has 0 saturated carbocycles. The van der Waals surface area contributed by atoms with E-state index in [2.05, 4.69) is 20.0 Å². The van der Waals surface area contributed by atoms with Gasteiger partial charge in [0.15, 0.2) is 5.82 Å². The van der Waals surface area contributed by atoms with Gasteiger partial charge in [0.2, 0.25) is 11.8 Å². The van der Waals surface area contributed by atoms with Gasteiger partial charge in [0.05, 0.1) is 0 Å². The van der Waals surface area contributed by atoms with Crippen molar-refractivity contribution in [1.29, 1.82) is 0 Å². The minimum Gasteiger partial charge on any atom is -0.340 e. The topological polar surface area (TPSA) is 72.1 Å². The summed E-state index contributed by atoms with van der Waals surface area (Å²) < 4.78 is 5.13. The first kappa shape index (κ1) is 16.0. The Morgan fingerprint density at radius 1 is 1.24 bits per heavy atom. The van der Waals surface area contributed by atoms with Gasteiger partial charge in [-0.05, 0) is 56.4 Å². The number of rotatable bonds is 3. The largest absolute Gasteiger partial charge is 0.340 e. The first-order valence-corrected chi connectivity index (χ1v) is 8.83. The molecule has 2 bridgehead atoms. The van der Waals surface area contributed by atoms with Crippen molar-refractivity contribution in [3.05, 3.63) is 47.4 Å². The quantitative estimate of drug-likeness (QED) is 0.804. The highest BCUT2D eigenvalue weighted by Crippen LogP contribution is 2.42. The highest BCUT2D eigenvalue weighted by molar-refractivity contribution is 5.97. The highest BCUT2D eigenvalue weighted by Gasteiger charge is 2.44. The average molecular weight is 338 g/mol. The third-order valence-electron chi connectivity index (χ3n) is 5.30. The lowest BCUT2D eigenvalue weighted by molar-refractivity contribution is -0.131. The van der Waals surface area contributed by atoms with Crippen molar-refractivity contribution in [3.8, 4) is 0 Å². The summed E-state index contributed by atoms with van der Waals surface area (Å²) in [5.41, 5.74) is 1.78. The summed E-state index contributed by atoms with van der Waals surface area (Å²) >= 11 is 0. The summed E-state index contributed by atoms with van der Waals surface area (Å²) in [4.78, 5) is 23.5. The van der Waals surface area contributed by atoms with E-state index in [1.807, 2.05) is 32.1 Å². The Bertz CT molecular complexity index is 785. The molecule has 6 nitrogen and oxygen atoms in total. The van der Waals surface area contributed by atoms with E-state index >= 15 is 0 Å². The van der Waals surface area contributed by atoms with Gasteiger partial charge in [-0.1, -0.05) is 5.16 Å². The lowest BCUT2D eigenvalue weighted by Crippen LogP contribution is -2.46. The maximum absolute atomic E-state index is 13.0. The van der Waals surface area contributed by atoms with E-state index < -0.39 is 0 Å². The fourth-order valence-corrected chi connectivity index (χ4v) is 4.18. The van der Waals surface area contributed by atoms with E-state index in [1.165, 1.54) is 0 Å². The van der Waals surface area contributed by atoms with Crippen LogP contribution in [0.1, 0.15) is 55.8 Å². The second-order valence-electron chi connectivity index (χ2n) is 7.05. The van der Waals surface area contributed by atoms with Crippen LogP contribution in [0.15, 0.2) is 34.6 Å². The third kappa shape index (κ3) is 3.08. The van der Waals surface area contributed by atoms with Crippen LogP contribution < -0.4 is 0 Å². The second kappa shape index (κ2) is 6.43. The molecule has 0 spiro atoms. The number of hydrogen-bond acceptors (Lipinski definition) is 5. The van der Waals surface area contributed by atoms with Crippen LogP contribution in [0, 0.1) is 6.92 Å². The molecule has 2 unspecified atom stereocenters. The van der Waals surface area contributed by atoms with Crippen molar-refractivity contribution in [2.75, 3.05) is 0 Å². The molecule has 2 saturated heterocycles. The van der Waals surface area contributed by atoms with Gasteiger partial charge in [0.1, 0.15) is 0 Å². The third-order valence-corrected chi connectivity index (χ3v) is 5.30. The van der Waals surface area contributed by atoms with Crippen molar-refractivity contribution in [1.82, 2.24) is 20.0 Å². The number of hydrogen-bond donors (Lipinski definition) is 0. The maximum atomic E-state index is 13.0. The fourth-order valence-electron chi connectivity index (χ4n) is 4.18. The van der Waals surface area contributed by atoms with Gasteiger partial charge in [0.25, 0.3) is 0 Å². The van der Waals surface area contributed by atoms with Crippen molar-refractivity contribution >= 4 is 12.0 Å². The Labute approximate surface area is 146 Å². The lowest BCUT2D eigenvalue weighted by Gasteiger charge is -2.38. The van der Waals surface area contributed by atoms with Gasteiger partial charge in [-0.3, -0.25) is 9.78 Å². The van der Waals surface area contributed by atoms with Crippen LogP contribution in [0.25, 0.3) is 6.08 Å². The molecule has 4 heterocycles. The minimum absolute atomic E-state index is 0.145. The van der Waals surface area contributed by atoms with Crippen LogP contribution in [-0.4, -0.2) is 38.0 Å². The van der Waals surface area contributed by atoms with Crippen LogP contribution in [0.2, 0.25) is 0 Å². The summed E-state index contributed by atoms with van der Waals surface area (Å²) in [5.74, 6) is 1.85. The fraction of sp³-hybridized carbons (Fsp3) is 0.474. The Hall–Kier alpha value is -2.50. The Morgan fingerprint density at radius 2 is 1.92 bits per heavy atom. The molecule has 0 radical (unpaired) electrons. The maximum Gasteiger partial charge on any atom is 0.250 e. The molecule has 2 fully saturated rings. The highest BCUT2D eigenvalue weighted by atomic mass is 16.5. The SMILES string of the molecule is C/C(=C\c1ccncc1)C(=O)N1C2CCC1CC(c1noc(C)n1)C2. The van der Waals surface area contributed by atoms with Gasteiger partial charge in [-0.25, -0.2) is 0 Å². The number of carbonyl (C=O) groups is 1. The monoisotopic (exact) mass is 338 g/mol. The molecule has 2 aliphatic rings. The van der Waals surface area contributed by atoms with Crippen molar-refractivity contribution < 1.29 is 9.32 Å². The molecule has 2 aromatic rings. The summed E-state index contributed by atoms with van der Waals surface area (Å²) in [5, 5.41) is 4.09. The standard InChI is InChI=1S/C19H22N4O2/c1-12(9-14-5-7-20-8-6-14)19(24)23-16-3-4-17(23)11-15(10-16)18-21-13(2)25-22-18/h5-9,15-17H,3-4,10-11H2,1-2H3/b12-9+. The summed E-state index contributed by atoms with van der Waals surface area (Å²) in [7, 11) is 0. The predicted octanol–water partition coefficient (Wildman–Crippen LogP) is 3.11. The summed E-state index contributed by atoms with van der Waals surface area (Å²) in [6.07, 6.45) is 9.39. The first-order valence-electron chi connectivity index (χ1n) is 8.83. The van der Waals surface area contributed by atoms with Crippen molar-refractivity contribution in [3.63, 3.8) is 0 Å². The van der Waals surface area contributed by atoms with Gasteiger partial charge >= 0.3 is 0 Å². The van der Waals surface area contributed by atoms with Crippen LogP contribution in [0.4, 0.5) is 0 Å².